The smallest absolute Gasteiger partial charge is 0.265 e. The summed E-state index contributed by atoms with van der Waals surface area (Å²) in [5, 5.41) is 5.59. The fraction of sp³-hybridized carbons (Fsp3) is 0.217. The highest BCUT2D eigenvalue weighted by Crippen LogP contribution is 2.29. The Morgan fingerprint density at radius 3 is 2.64 bits per heavy atom. The van der Waals surface area contributed by atoms with Crippen LogP contribution in [0.2, 0.25) is 0 Å². The lowest BCUT2D eigenvalue weighted by Crippen LogP contribution is -2.31. The summed E-state index contributed by atoms with van der Waals surface area (Å²) in [4.78, 5) is 25.9. The number of hydrogen-bond acceptors (Lipinski definition) is 6. The van der Waals surface area contributed by atoms with E-state index in [4.69, 9.17) is 4.74 Å². The number of fused-ring (bicyclic) bond motifs is 1. The SMILES string of the molecule is CN(C)S(=O)(=O)c1ccc(CNC(=O)c2cccc(NC(=O)C3Cc4ccccc4O3)c2)s1. The number of nitrogens with one attached hydrogen (secondary N) is 2. The first-order valence-corrected chi connectivity index (χ1v) is 12.4. The molecule has 0 fully saturated rings. The molecule has 8 nitrogen and oxygen atoms in total. The number of carbonyl (C=O) groups is 2. The van der Waals surface area contributed by atoms with Crippen molar-refractivity contribution in [3.63, 3.8) is 0 Å². The molecule has 0 radical (unpaired) electrons. The van der Waals surface area contributed by atoms with Gasteiger partial charge in [-0.1, -0.05) is 24.3 Å². The van der Waals surface area contributed by atoms with Crippen molar-refractivity contribution in [1.82, 2.24) is 9.62 Å². The molecule has 0 spiro atoms. The predicted molar refractivity (Wildman–Crippen MR) is 126 cm³/mol. The van der Waals surface area contributed by atoms with Crippen LogP contribution < -0.4 is 15.4 Å². The number of carbonyl (C=O) groups excluding carboxylic acids is 2. The van der Waals surface area contributed by atoms with Gasteiger partial charge in [-0.25, -0.2) is 12.7 Å². The number of para-hydroxylation sites is 1. The van der Waals surface area contributed by atoms with E-state index in [1.165, 1.54) is 20.2 Å². The second-order valence-electron chi connectivity index (χ2n) is 7.68. The highest BCUT2D eigenvalue weighted by atomic mass is 32.2. The Morgan fingerprint density at radius 1 is 1.09 bits per heavy atom. The van der Waals surface area contributed by atoms with Gasteiger partial charge in [0.25, 0.3) is 21.8 Å². The van der Waals surface area contributed by atoms with Crippen molar-refractivity contribution in [3.05, 3.63) is 76.7 Å². The third-order valence-corrected chi connectivity index (χ3v) is 8.49. The van der Waals surface area contributed by atoms with Crippen molar-refractivity contribution < 1.29 is 22.7 Å². The van der Waals surface area contributed by atoms with Crippen LogP contribution >= 0.6 is 11.3 Å². The maximum Gasteiger partial charge on any atom is 0.265 e. The summed E-state index contributed by atoms with van der Waals surface area (Å²) >= 11 is 1.11. The summed E-state index contributed by atoms with van der Waals surface area (Å²) in [6.07, 6.45) is -0.125. The van der Waals surface area contributed by atoms with Crippen molar-refractivity contribution >= 4 is 38.9 Å². The Kier molecular flexibility index (Phi) is 6.50. The van der Waals surface area contributed by atoms with Gasteiger partial charge in [0.05, 0.1) is 6.54 Å². The molecule has 2 amide bonds. The number of sulfonamides is 1. The van der Waals surface area contributed by atoms with Crippen molar-refractivity contribution in [2.24, 2.45) is 0 Å². The van der Waals surface area contributed by atoms with Gasteiger partial charge in [0.1, 0.15) is 9.96 Å². The molecule has 2 aromatic carbocycles. The van der Waals surface area contributed by atoms with E-state index in [0.717, 1.165) is 21.2 Å². The maximum absolute atomic E-state index is 12.6. The number of hydrogen-bond donors (Lipinski definition) is 2. The van der Waals surface area contributed by atoms with E-state index in [-0.39, 0.29) is 22.6 Å². The van der Waals surface area contributed by atoms with Gasteiger partial charge in [-0.3, -0.25) is 9.59 Å². The molecule has 2 N–H and O–H groups in total. The molecule has 1 unspecified atom stereocenters. The van der Waals surface area contributed by atoms with E-state index in [1.807, 2.05) is 24.3 Å². The van der Waals surface area contributed by atoms with Crippen LogP contribution in [0.5, 0.6) is 5.75 Å². The molecule has 33 heavy (non-hydrogen) atoms. The van der Waals surface area contributed by atoms with Crippen LogP contribution in [0.25, 0.3) is 0 Å². The van der Waals surface area contributed by atoms with Gasteiger partial charge < -0.3 is 15.4 Å². The molecule has 0 saturated carbocycles. The second kappa shape index (κ2) is 9.34. The first-order chi connectivity index (χ1) is 15.7. The minimum absolute atomic E-state index is 0.192. The largest absolute Gasteiger partial charge is 0.480 e. The number of rotatable bonds is 7. The molecule has 1 aliphatic heterocycles. The first kappa shape index (κ1) is 23.0. The van der Waals surface area contributed by atoms with E-state index in [1.54, 1.807) is 30.3 Å². The molecule has 0 bridgehead atoms. The summed E-state index contributed by atoms with van der Waals surface area (Å²) in [5.74, 6) is 0.0962. The molecule has 4 rings (SSSR count). The highest BCUT2D eigenvalue weighted by molar-refractivity contribution is 7.91. The molecule has 10 heteroatoms. The van der Waals surface area contributed by atoms with Crippen molar-refractivity contribution in [1.29, 1.82) is 0 Å². The van der Waals surface area contributed by atoms with Crippen LogP contribution in [0.15, 0.2) is 64.9 Å². The number of nitrogens with zero attached hydrogens (tertiary/aromatic N) is 1. The molecule has 0 saturated heterocycles. The van der Waals surface area contributed by atoms with Gasteiger partial charge in [-0.05, 0) is 42.0 Å². The van der Waals surface area contributed by atoms with Gasteiger partial charge in [-0.15, -0.1) is 11.3 Å². The van der Waals surface area contributed by atoms with Crippen LogP contribution in [0, 0.1) is 0 Å². The quantitative estimate of drug-likeness (QED) is 0.536. The fourth-order valence-electron chi connectivity index (χ4n) is 3.33. The van der Waals surface area contributed by atoms with Crippen LogP contribution in [-0.4, -0.2) is 44.7 Å². The van der Waals surface area contributed by atoms with Crippen LogP contribution in [0.4, 0.5) is 5.69 Å². The Bertz CT molecular complexity index is 1280. The molecule has 1 atom stereocenters. The summed E-state index contributed by atoms with van der Waals surface area (Å²) < 4.78 is 31.5. The lowest BCUT2D eigenvalue weighted by Gasteiger charge is -2.12. The Hall–Kier alpha value is -3.21. The standard InChI is InChI=1S/C23H23N3O5S2/c1-26(2)33(29,30)21-11-10-18(32-21)14-24-22(27)16-7-5-8-17(12-16)25-23(28)20-13-15-6-3-4-9-19(15)31-20/h3-12,20H,13-14H2,1-2H3,(H,24,27)(H,25,28). The second-order valence-corrected chi connectivity index (χ2v) is 11.2. The van der Waals surface area contributed by atoms with Crippen molar-refractivity contribution in [3.8, 4) is 5.75 Å². The molecule has 172 valence electrons. The Balaban J connectivity index is 1.35. The molecule has 1 aliphatic rings. The third kappa shape index (κ3) is 5.08. The predicted octanol–water partition coefficient (Wildman–Crippen LogP) is 2.87. The van der Waals surface area contributed by atoms with E-state index < -0.39 is 16.1 Å². The Labute approximate surface area is 196 Å². The van der Waals surface area contributed by atoms with Crippen molar-refractivity contribution in [2.45, 2.75) is 23.3 Å². The van der Waals surface area contributed by atoms with E-state index in [0.29, 0.717) is 28.3 Å². The van der Waals surface area contributed by atoms with Gasteiger partial charge in [-0.2, -0.15) is 0 Å². The summed E-state index contributed by atoms with van der Waals surface area (Å²) in [5.41, 5.74) is 1.85. The van der Waals surface area contributed by atoms with E-state index >= 15 is 0 Å². The zero-order valence-electron chi connectivity index (χ0n) is 18.1. The van der Waals surface area contributed by atoms with Crippen LogP contribution in [0.3, 0.4) is 0 Å². The van der Waals surface area contributed by atoms with E-state index in [9.17, 15) is 18.0 Å². The highest BCUT2D eigenvalue weighted by Gasteiger charge is 2.29. The molecular weight excluding hydrogens is 462 g/mol. The molecule has 1 aromatic heterocycles. The number of benzene rings is 2. The average molecular weight is 486 g/mol. The maximum atomic E-state index is 12.6. The summed E-state index contributed by atoms with van der Waals surface area (Å²) in [7, 11) is -0.556. The number of ether oxygens (including phenoxy) is 1. The third-order valence-electron chi connectivity index (χ3n) is 5.13. The Morgan fingerprint density at radius 2 is 1.88 bits per heavy atom. The number of thiophene rings is 1. The number of anilines is 1. The number of amides is 2. The van der Waals surface area contributed by atoms with Gasteiger partial charge >= 0.3 is 0 Å². The van der Waals surface area contributed by atoms with Gasteiger partial charge in [0.15, 0.2) is 6.10 Å². The van der Waals surface area contributed by atoms with Gasteiger partial charge in [0.2, 0.25) is 0 Å². The topological polar surface area (TPSA) is 105 Å². The van der Waals surface area contributed by atoms with Crippen LogP contribution in [0.1, 0.15) is 20.8 Å². The zero-order chi connectivity index (χ0) is 23.6. The molecule has 2 heterocycles. The molecule has 3 aromatic rings. The van der Waals surface area contributed by atoms with E-state index in [2.05, 4.69) is 10.6 Å². The molecule has 0 aliphatic carbocycles. The zero-order valence-corrected chi connectivity index (χ0v) is 19.7. The van der Waals surface area contributed by atoms with Gasteiger partial charge in [0, 0.05) is 36.6 Å². The fourth-order valence-corrected chi connectivity index (χ4v) is 5.79. The minimum atomic E-state index is -3.50. The summed E-state index contributed by atoms with van der Waals surface area (Å²) in [6, 6.07) is 17.4. The minimum Gasteiger partial charge on any atom is -0.480 e. The summed E-state index contributed by atoms with van der Waals surface area (Å²) in [6.45, 7) is 0.192. The average Bonchev–Trinajstić information content (AvgIpc) is 3.45. The first-order valence-electron chi connectivity index (χ1n) is 10.2. The lowest BCUT2D eigenvalue weighted by molar-refractivity contribution is -0.122. The monoisotopic (exact) mass is 485 g/mol. The lowest BCUT2D eigenvalue weighted by atomic mass is 10.1. The van der Waals surface area contributed by atoms with Crippen molar-refractivity contribution in [2.75, 3.05) is 19.4 Å². The normalized spacial score (nSPS) is 15.1. The molecular formula is C23H23N3O5S2. The van der Waals surface area contributed by atoms with Crippen LogP contribution in [-0.2, 0) is 27.8 Å².